The first-order chi connectivity index (χ1) is 7.65. The smallest absolute Gasteiger partial charge is 0.409 e. The molecule has 0 aliphatic rings. The average Bonchev–Trinajstić information content (AvgIpc) is 2.27. The van der Waals surface area contributed by atoms with Crippen molar-refractivity contribution in [1.29, 1.82) is 10.5 Å². The van der Waals surface area contributed by atoms with E-state index in [0.717, 1.165) is 0 Å². The molecule has 78 valence electrons. The van der Waals surface area contributed by atoms with Crippen molar-refractivity contribution >= 4 is 23.1 Å². The molecule has 16 heavy (non-hydrogen) atoms. The van der Waals surface area contributed by atoms with Gasteiger partial charge >= 0.3 is 5.43 Å². The number of nitriles is 2. The second-order valence-electron chi connectivity index (χ2n) is 2.69. The van der Waals surface area contributed by atoms with Gasteiger partial charge in [0.25, 0.3) is 0 Å². The molecule has 0 amide bonds. The molecular formula is C11H5ClN2O2. The summed E-state index contributed by atoms with van der Waals surface area (Å²) in [5.41, 5.74) is -0.257. The Morgan fingerprint density at radius 1 is 1.25 bits per heavy atom. The fourth-order valence-electron chi connectivity index (χ4n) is 0.981. The van der Waals surface area contributed by atoms with Gasteiger partial charge in [-0.05, 0) is 23.8 Å². The van der Waals surface area contributed by atoms with Gasteiger partial charge in [-0.15, -0.1) is 0 Å². The molecule has 1 rings (SSSR count). The van der Waals surface area contributed by atoms with Crippen molar-refractivity contribution in [2.75, 3.05) is 0 Å². The number of hydrogen-bond donors (Lipinski definition) is 0. The Bertz CT molecular complexity index is 490. The van der Waals surface area contributed by atoms with Crippen LogP contribution in [0.15, 0.2) is 29.8 Å². The Balaban J connectivity index is 2.89. The minimum atomic E-state index is -0.918. The van der Waals surface area contributed by atoms with Crippen LogP contribution in [0, 0.1) is 22.7 Å². The molecule has 5 heteroatoms. The van der Waals surface area contributed by atoms with E-state index < -0.39 is 5.43 Å². The van der Waals surface area contributed by atoms with Gasteiger partial charge in [-0.1, -0.05) is 12.1 Å². The number of ether oxygens (including phenoxy) is 1. The molecule has 1 aromatic rings. The number of allylic oxidation sites excluding steroid dienone is 1. The summed E-state index contributed by atoms with van der Waals surface area (Å²) in [6, 6.07) is 9.71. The predicted octanol–water partition coefficient (Wildman–Crippen LogP) is 2.85. The van der Waals surface area contributed by atoms with E-state index in [-0.39, 0.29) is 5.57 Å². The second-order valence-corrected chi connectivity index (χ2v) is 3.00. The molecule has 0 aliphatic carbocycles. The minimum Gasteiger partial charge on any atom is -0.415 e. The van der Waals surface area contributed by atoms with Crippen molar-refractivity contribution in [2.24, 2.45) is 0 Å². The summed E-state index contributed by atoms with van der Waals surface area (Å²) in [5.74, 6) is 0.299. The highest BCUT2D eigenvalue weighted by Crippen LogP contribution is 2.15. The second kappa shape index (κ2) is 5.55. The maximum Gasteiger partial charge on any atom is 0.409 e. The van der Waals surface area contributed by atoms with Crippen LogP contribution in [0.25, 0.3) is 6.08 Å². The lowest BCUT2D eigenvalue weighted by atomic mass is 10.1. The van der Waals surface area contributed by atoms with Crippen molar-refractivity contribution in [1.82, 2.24) is 0 Å². The summed E-state index contributed by atoms with van der Waals surface area (Å²) in [6.45, 7) is 0. The molecule has 0 bridgehead atoms. The first-order valence-corrected chi connectivity index (χ1v) is 4.53. The third kappa shape index (κ3) is 3.45. The zero-order chi connectivity index (χ0) is 12.0. The first-order valence-electron chi connectivity index (χ1n) is 4.15. The summed E-state index contributed by atoms with van der Waals surface area (Å²) >= 11 is 5.02. The zero-order valence-corrected chi connectivity index (χ0v) is 8.73. The average molecular weight is 233 g/mol. The van der Waals surface area contributed by atoms with E-state index in [4.69, 9.17) is 22.1 Å². The monoisotopic (exact) mass is 232 g/mol. The van der Waals surface area contributed by atoms with Crippen LogP contribution < -0.4 is 4.74 Å². The third-order valence-electron chi connectivity index (χ3n) is 1.63. The van der Waals surface area contributed by atoms with E-state index in [1.165, 1.54) is 18.2 Å². The lowest BCUT2D eigenvalue weighted by Crippen LogP contribution is -1.95. The lowest BCUT2D eigenvalue weighted by Gasteiger charge is -1.99. The van der Waals surface area contributed by atoms with Crippen LogP contribution in [-0.4, -0.2) is 5.43 Å². The molecule has 0 heterocycles. The van der Waals surface area contributed by atoms with E-state index in [0.29, 0.717) is 11.3 Å². The molecule has 1 aromatic carbocycles. The maximum absolute atomic E-state index is 10.4. The van der Waals surface area contributed by atoms with Crippen LogP contribution in [0.3, 0.4) is 0 Å². The van der Waals surface area contributed by atoms with Crippen LogP contribution in [0.5, 0.6) is 5.75 Å². The largest absolute Gasteiger partial charge is 0.415 e. The molecule has 0 aromatic heterocycles. The van der Waals surface area contributed by atoms with Crippen LogP contribution in [0.2, 0.25) is 0 Å². The summed E-state index contributed by atoms with van der Waals surface area (Å²) < 4.78 is 4.60. The summed E-state index contributed by atoms with van der Waals surface area (Å²) in [5, 5.41) is 17.1. The molecule has 0 saturated carbocycles. The molecule has 0 atom stereocenters. The molecule has 0 spiro atoms. The zero-order valence-electron chi connectivity index (χ0n) is 7.98. The van der Waals surface area contributed by atoms with Crippen LogP contribution >= 0.6 is 11.6 Å². The topological polar surface area (TPSA) is 73.9 Å². The van der Waals surface area contributed by atoms with E-state index in [1.54, 1.807) is 24.3 Å². The number of carbonyl (C=O) groups excluding carboxylic acids is 1. The van der Waals surface area contributed by atoms with Crippen molar-refractivity contribution in [3.8, 4) is 17.9 Å². The summed E-state index contributed by atoms with van der Waals surface area (Å²) in [6.07, 6.45) is 1.42. The SMILES string of the molecule is N#CC(C#N)=Cc1ccc(OC(=O)Cl)cc1. The van der Waals surface area contributed by atoms with Gasteiger partial charge in [-0.2, -0.15) is 10.5 Å². The molecular weight excluding hydrogens is 228 g/mol. The summed E-state index contributed by atoms with van der Waals surface area (Å²) in [7, 11) is 0. The van der Waals surface area contributed by atoms with Gasteiger partial charge in [-0.25, -0.2) is 4.79 Å². The van der Waals surface area contributed by atoms with Crippen LogP contribution in [0.4, 0.5) is 4.79 Å². The fourth-order valence-corrected chi connectivity index (χ4v) is 1.07. The van der Waals surface area contributed by atoms with E-state index in [2.05, 4.69) is 4.74 Å². The van der Waals surface area contributed by atoms with Gasteiger partial charge in [0.05, 0.1) is 0 Å². The number of carbonyl (C=O) groups is 1. The Hall–Kier alpha value is -2.30. The number of benzene rings is 1. The minimum absolute atomic E-state index is 0.00193. The van der Waals surface area contributed by atoms with Gasteiger partial charge in [0, 0.05) is 11.6 Å². The Kier molecular flexibility index (Phi) is 4.08. The van der Waals surface area contributed by atoms with Crippen LogP contribution in [-0.2, 0) is 0 Å². The Labute approximate surface area is 96.9 Å². The van der Waals surface area contributed by atoms with E-state index in [9.17, 15) is 4.79 Å². The maximum atomic E-state index is 10.4. The number of hydrogen-bond acceptors (Lipinski definition) is 4. The van der Waals surface area contributed by atoms with Gasteiger partial charge in [0.1, 0.15) is 23.5 Å². The van der Waals surface area contributed by atoms with Crippen LogP contribution in [0.1, 0.15) is 5.56 Å². The van der Waals surface area contributed by atoms with Gasteiger partial charge < -0.3 is 4.74 Å². The van der Waals surface area contributed by atoms with E-state index in [1.807, 2.05) is 0 Å². The molecule has 0 saturated heterocycles. The molecule has 0 N–H and O–H groups in total. The van der Waals surface area contributed by atoms with Crippen molar-refractivity contribution in [2.45, 2.75) is 0 Å². The molecule has 0 aliphatic heterocycles. The number of nitrogens with zero attached hydrogens (tertiary/aromatic N) is 2. The molecule has 0 unspecified atom stereocenters. The van der Waals surface area contributed by atoms with Crippen molar-refractivity contribution < 1.29 is 9.53 Å². The molecule has 0 radical (unpaired) electrons. The molecule has 4 nitrogen and oxygen atoms in total. The van der Waals surface area contributed by atoms with Crippen molar-refractivity contribution in [3.63, 3.8) is 0 Å². The van der Waals surface area contributed by atoms with Gasteiger partial charge in [0.2, 0.25) is 0 Å². The fraction of sp³-hybridized carbons (Fsp3) is 0. The van der Waals surface area contributed by atoms with Gasteiger partial charge in [-0.3, -0.25) is 0 Å². The predicted molar refractivity (Wildman–Crippen MR) is 57.5 cm³/mol. The highest BCUT2D eigenvalue weighted by atomic mass is 35.5. The lowest BCUT2D eigenvalue weighted by molar-refractivity contribution is 0.225. The molecule has 0 fully saturated rings. The highest BCUT2D eigenvalue weighted by molar-refractivity contribution is 6.61. The Morgan fingerprint density at radius 2 is 1.81 bits per heavy atom. The number of halogens is 1. The normalized spacial score (nSPS) is 8.44. The Morgan fingerprint density at radius 3 is 2.25 bits per heavy atom. The van der Waals surface area contributed by atoms with Gasteiger partial charge in [0.15, 0.2) is 0 Å². The van der Waals surface area contributed by atoms with Crippen molar-refractivity contribution in [3.05, 3.63) is 35.4 Å². The highest BCUT2D eigenvalue weighted by Gasteiger charge is 1.99. The summed E-state index contributed by atoms with van der Waals surface area (Å²) in [4.78, 5) is 10.4. The number of rotatable bonds is 2. The standard InChI is InChI=1S/C11H5ClN2O2/c12-11(15)16-10-3-1-8(2-4-10)5-9(6-13)7-14/h1-5H. The quantitative estimate of drug-likeness (QED) is 0.580. The third-order valence-corrected chi connectivity index (χ3v) is 1.71. The van der Waals surface area contributed by atoms with E-state index >= 15 is 0 Å². The first kappa shape index (κ1) is 11.8.